The number of amides is 2. The fraction of sp³-hybridized carbons (Fsp3) is 0.467. The molecule has 8 nitrogen and oxygen atoms in total. The Hall–Kier alpha value is -1.90. The van der Waals surface area contributed by atoms with Gasteiger partial charge in [-0.15, -0.1) is 12.4 Å². The Labute approximate surface area is 156 Å². The van der Waals surface area contributed by atoms with Crippen LogP contribution in [0.5, 0.6) is 0 Å². The lowest BCUT2D eigenvalue weighted by Gasteiger charge is -2.21. The second-order valence-electron chi connectivity index (χ2n) is 5.81. The van der Waals surface area contributed by atoms with Crippen LogP contribution in [-0.4, -0.2) is 47.3 Å². The molecule has 10 heteroatoms. The molecule has 1 aliphatic heterocycles. The van der Waals surface area contributed by atoms with Crippen molar-refractivity contribution in [1.29, 1.82) is 0 Å². The van der Waals surface area contributed by atoms with Crippen LogP contribution in [-0.2, 0) is 4.79 Å². The molecule has 1 aromatic rings. The molecule has 3 N–H and O–H groups in total. The fourth-order valence-electron chi connectivity index (χ4n) is 2.90. The average Bonchev–Trinajstić information content (AvgIpc) is 2.93. The largest absolute Gasteiger partial charge is 0.343 e. The lowest BCUT2D eigenvalue weighted by atomic mass is 10.1. The quantitative estimate of drug-likeness (QED) is 0.584. The van der Waals surface area contributed by atoms with Gasteiger partial charge in [-0.1, -0.05) is 17.7 Å². The van der Waals surface area contributed by atoms with Crippen molar-refractivity contribution in [3.05, 3.63) is 38.9 Å². The Balaban J connectivity index is 0.00000312. The number of rotatable bonds is 5. The van der Waals surface area contributed by atoms with E-state index in [4.69, 9.17) is 17.3 Å². The summed E-state index contributed by atoms with van der Waals surface area (Å²) < 4.78 is 0. The van der Waals surface area contributed by atoms with Gasteiger partial charge in [-0.25, -0.2) is 0 Å². The zero-order valence-electron chi connectivity index (χ0n) is 13.6. The van der Waals surface area contributed by atoms with Crippen LogP contribution in [0.25, 0.3) is 0 Å². The first-order chi connectivity index (χ1) is 11.3. The van der Waals surface area contributed by atoms with Crippen molar-refractivity contribution in [2.45, 2.75) is 19.4 Å². The summed E-state index contributed by atoms with van der Waals surface area (Å²) >= 11 is 5.90. The number of nitro groups is 1. The summed E-state index contributed by atoms with van der Waals surface area (Å²) in [6.07, 6.45) is 0.826. The summed E-state index contributed by atoms with van der Waals surface area (Å²) in [6, 6.07) is 4.02. The molecule has 2 rings (SSSR count). The third kappa shape index (κ3) is 4.81. The number of nitrogens with zero attached hydrogens (tertiary/aromatic N) is 2. The average molecular weight is 391 g/mol. The van der Waals surface area contributed by atoms with E-state index in [1.54, 1.807) is 4.90 Å². The maximum absolute atomic E-state index is 12.3. The van der Waals surface area contributed by atoms with Crippen LogP contribution in [0.2, 0.25) is 5.02 Å². The highest BCUT2D eigenvalue weighted by atomic mass is 35.5. The fourth-order valence-corrected chi connectivity index (χ4v) is 3.15. The van der Waals surface area contributed by atoms with E-state index in [0.29, 0.717) is 13.1 Å². The second-order valence-corrected chi connectivity index (χ2v) is 6.21. The van der Waals surface area contributed by atoms with Crippen molar-refractivity contribution < 1.29 is 14.5 Å². The molecule has 25 heavy (non-hydrogen) atoms. The third-order valence-corrected chi connectivity index (χ3v) is 4.45. The number of carbonyl (C=O) groups excluding carboxylic acids is 2. The number of nitro benzene ring substituents is 1. The van der Waals surface area contributed by atoms with E-state index in [1.807, 2.05) is 6.92 Å². The predicted molar refractivity (Wildman–Crippen MR) is 96.0 cm³/mol. The van der Waals surface area contributed by atoms with E-state index in [2.05, 4.69) is 5.32 Å². The Morgan fingerprint density at radius 2 is 2.16 bits per heavy atom. The highest BCUT2D eigenvalue weighted by Crippen LogP contribution is 2.26. The molecule has 0 radical (unpaired) electrons. The van der Waals surface area contributed by atoms with Gasteiger partial charge < -0.3 is 16.0 Å². The van der Waals surface area contributed by atoms with Gasteiger partial charge in [0.2, 0.25) is 5.91 Å². The van der Waals surface area contributed by atoms with Gasteiger partial charge >= 0.3 is 0 Å². The Morgan fingerprint density at radius 3 is 2.72 bits per heavy atom. The number of carbonyl (C=O) groups is 2. The lowest BCUT2D eigenvalue weighted by molar-refractivity contribution is -0.385. The number of nitrogens with one attached hydrogen (secondary N) is 1. The molecular weight excluding hydrogens is 371 g/mol. The number of hydrogen-bond acceptors (Lipinski definition) is 5. The third-order valence-electron chi connectivity index (χ3n) is 4.13. The SMILES string of the molecule is CC1CC(CN)CN1C(=O)CNC(=O)c1c(Cl)cccc1[N+](=O)[O-].Cl. The summed E-state index contributed by atoms with van der Waals surface area (Å²) in [5.41, 5.74) is 4.99. The van der Waals surface area contributed by atoms with Crippen molar-refractivity contribution in [3.8, 4) is 0 Å². The molecule has 0 aliphatic carbocycles. The van der Waals surface area contributed by atoms with Crippen molar-refractivity contribution in [2.75, 3.05) is 19.6 Å². The highest BCUT2D eigenvalue weighted by molar-refractivity contribution is 6.34. The van der Waals surface area contributed by atoms with Crippen molar-refractivity contribution in [2.24, 2.45) is 11.7 Å². The van der Waals surface area contributed by atoms with Crippen LogP contribution in [0.3, 0.4) is 0 Å². The van der Waals surface area contributed by atoms with Gasteiger partial charge in [-0.05, 0) is 31.9 Å². The smallest absolute Gasteiger partial charge is 0.283 e. The summed E-state index contributed by atoms with van der Waals surface area (Å²) in [4.78, 5) is 36.5. The van der Waals surface area contributed by atoms with E-state index in [9.17, 15) is 19.7 Å². The topological polar surface area (TPSA) is 119 Å². The van der Waals surface area contributed by atoms with Crippen LogP contribution >= 0.6 is 24.0 Å². The van der Waals surface area contributed by atoms with E-state index in [0.717, 1.165) is 6.42 Å². The number of hydrogen-bond donors (Lipinski definition) is 2. The highest BCUT2D eigenvalue weighted by Gasteiger charge is 2.32. The minimum atomic E-state index is -0.747. The lowest BCUT2D eigenvalue weighted by Crippen LogP contribution is -2.42. The zero-order valence-corrected chi connectivity index (χ0v) is 15.2. The van der Waals surface area contributed by atoms with Crippen LogP contribution in [0.4, 0.5) is 5.69 Å². The van der Waals surface area contributed by atoms with Gasteiger partial charge in [0.25, 0.3) is 11.6 Å². The molecular formula is C15H20Cl2N4O4. The standard InChI is InChI=1S/C15H19ClN4O4.ClH/c1-9-5-10(6-17)8-19(9)13(21)7-18-15(22)14-11(16)3-2-4-12(14)20(23)24;/h2-4,9-10H,5-8,17H2,1H3,(H,18,22);1H. The molecule has 0 saturated carbocycles. The van der Waals surface area contributed by atoms with Crippen molar-refractivity contribution >= 4 is 41.5 Å². The summed E-state index contributed by atoms with van der Waals surface area (Å²) in [5, 5.41) is 13.4. The van der Waals surface area contributed by atoms with E-state index in [1.165, 1.54) is 18.2 Å². The first kappa shape index (κ1) is 21.1. The van der Waals surface area contributed by atoms with Crippen molar-refractivity contribution in [3.63, 3.8) is 0 Å². The monoisotopic (exact) mass is 390 g/mol. The Kier molecular flexibility index (Phi) is 7.60. The molecule has 1 saturated heterocycles. The molecule has 138 valence electrons. The molecule has 1 aromatic carbocycles. The number of nitrogens with two attached hydrogens (primary N) is 1. The van der Waals surface area contributed by atoms with Crippen molar-refractivity contribution in [1.82, 2.24) is 10.2 Å². The van der Waals surface area contributed by atoms with Crippen LogP contribution in [0, 0.1) is 16.0 Å². The maximum atomic E-state index is 12.3. The Bertz CT molecular complexity index is 671. The van der Waals surface area contributed by atoms with Gasteiger partial charge in [0, 0.05) is 18.7 Å². The van der Waals surface area contributed by atoms with Crippen LogP contribution < -0.4 is 11.1 Å². The molecule has 2 amide bonds. The molecule has 1 aliphatic rings. The molecule has 2 atom stereocenters. The normalized spacial score (nSPS) is 19.2. The molecule has 2 unspecified atom stereocenters. The number of likely N-dealkylation sites (tertiary alicyclic amines) is 1. The molecule has 0 spiro atoms. The van der Waals surface area contributed by atoms with E-state index in [-0.39, 0.29) is 47.4 Å². The summed E-state index contributed by atoms with van der Waals surface area (Å²) in [6.45, 7) is 2.74. The molecule has 1 heterocycles. The molecule has 0 aromatic heterocycles. The first-order valence-corrected chi connectivity index (χ1v) is 7.93. The Morgan fingerprint density at radius 1 is 1.48 bits per heavy atom. The molecule has 0 bridgehead atoms. The van der Waals surface area contributed by atoms with Gasteiger partial charge in [0.1, 0.15) is 5.56 Å². The zero-order chi connectivity index (χ0) is 17.9. The predicted octanol–water partition coefficient (Wildman–Crippen LogP) is 1.60. The number of halogens is 2. The van der Waals surface area contributed by atoms with E-state index < -0.39 is 16.5 Å². The summed E-state index contributed by atoms with van der Waals surface area (Å²) in [5.74, 6) is -0.742. The maximum Gasteiger partial charge on any atom is 0.283 e. The van der Waals surface area contributed by atoms with Gasteiger partial charge in [-0.2, -0.15) is 0 Å². The number of benzene rings is 1. The molecule has 1 fully saturated rings. The minimum absolute atomic E-state index is 0. The minimum Gasteiger partial charge on any atom is -0.343 e. The van der Waals surface area contributed by atoms with E-state index >= 15 is 0 Å². The van der Waals surface area contributed by atoms with Crippen LogP contribution in [0.1, 0.15) is 23.7 Å². The van der Waals surface area contributed by atoms with Gasteiger partial charge in [-0.3, -0.25) is 19.7 Å². The van der Waals surface area contributed by atoms with Gasteiger partial charge in [0.05, 0.1) is 16.5 Å². The van der Waals surface area contributed by atoms with Crippen LogP contribution in [0.15, 0.2) is 18.2 Å². The first-order valence-electron chi connectivity index (χ1n) is 7.55. The summed E-state index contributed by atoms with van der Waals surface area (Å²) in [7, 11) is 0. The van der Waals surface area contributed by atoms with Gasteiger partial charge in [0.15, 0.2) is 0 Å². The second kappa shape index (κ2) is 8.98.